The van der Waals surface area contributed by atoms with Gasteiger partial charge in [-0.05, 0) is 84.7 Å². The highest BCUT2D eigenvalue weighted by molar-refractivity contribution is 6.30. The van der Waals surface area contributed by atoms with E-state index in [1.54, 1.807) is 35.2 Å². The van der Waals surface area contributed by atoms with E-state index in [2.05, 4.69) is 6.07 Å². The second-order valence-corrected chi connectivity index (χ2v) is 12.5. The summed E-state index contributed by atoms with van der Waals surface area (Å²) in [7, 11) is 0. The molecule has 0 bridgehead atoms. The van der Waals surface area contributed by atoms with Crippen LogP contribution in [0.4, 0.5) is 11.4 Å². The highest BCUT2D eigenvalue weighted by Gasteiger charge is 2.45. The number of nitrogens with two attached hydrogens (primary N) is 1. The summed E-state index contributed by atoms with van der Waals surface area (Å²) in [6.45, 7) is 10.1. The Balaban J connectivity index is 1.69. The minimum atomic E-state index is -0.686. The van der Waals surface area contributed by atoms with Gasteiger partial charge in [-0.15, -0.1) is 0 Å². The van der Waals surface area contributed by atoms with Gasteiger partial charge < -0.3 is 10.5 Å². The fourth-order valence-electron chi connectivity index (χ4n) is 6.12. The number of non-ortho nitro benzene ring substituents is 1. The first-order valence-electron chi connectivity index (χ1n) is 14.0. The molecule has 1 heterocycles. The number of nitro groups is 1. The van der Waals surface area contributed by atoms with Crippen molar-refractivity contribution in [2.75, 3.05) is 4.90 Å². The molecule has 43 heavy (non-hydrogen) atoms. The smallest absolute Gasteiger partial charge is 0.271 e. The topological polar surface area (TPSA) is 122 Å². The number of hydrogen-bond donors (Lipinski definition) is 1. The number of benzene rings is 3. The third-order valence-corrected chi connectivity index (χ3v) is 8.52. The fourth-order valence-corrected chi connectivity index (χ4v) is 6.25. The number of hydrogen-bond acceptors (Lipinski definition) is 7. The maximum absolute atomic E-state index is 14.0. The first kappa shape index (κ1) is 29.9. The molecule has 0 amide bonds. The van der Waals surface area contributed by atoms with E-state index in [1.165, 1.54) is 12.1 Å². The molecule has 0 fully saturated rings. The maximum Gasteiger partial charge on any atom is 0.271 e. The van der Waals surface area contributed by atoms with Crippen LogP contribution in [0.15, 0.2) is 77.3 Å². The Morgan fingerprint density at radius 2 is 1.77 bits per heavy atom. The van der Waals surface area contributed by atoms with Crippen LogP contribution in [0.2, 0.25) is 5.02 Å². The van der Waals surface area contributed by atoms with E-state index >= 15 is 0 Å². The molecule has 0 radical (unpaired) electrons. The molecule has 220 valence electrons. The number of carbonyl (C=O) groups excluding carboxylic acids is 1. The lowest BCUT2D eigenvalue weighted by atomic mass is 9.68. The predicted octanol–water partition coefficient (Wildman–Crippen LogP) is 7.69. The van der Waals surface area contributed by atoms with Crippen LogP contribution >= 0.6 is 11.6 Å². The predicted molar refractivity (Wildman–Crippen MR) is 167 cm³/mol. The average molecular weight is 597 g/mol. The number of nitriles is 1. The normalized spacial score (nSPS) is 17.9. The Kier molecular flexibility index (Phi) is 7.80. The summed E-state index contributed by atoms with van der Waals surface area (Å²) in [6.07, 6.45) is 0.809. The van der Waals surface area contributed by atoms with Crippen molar-refractivity contribution < 1.29 is 14.5 Å². The van der Waals surface area contributed by atoms with Crippen LogP contribution in [0.1, 0.15) is 60.4 Å². The average Bonchev–Trinajstić information content (AvgIpc) is 2.93. The van der Waals surface area contributed by atoms with Gasteiger partial charge in [0.25, 0.3) is 5.69 Å². The number of ether oxygens (including phenoxy) is 1. The molecule has 3 aromatic rings. The van der Waals surface area contributed by atoms with Gasteiger partial charge >= 0.3 is 0 Å². The summed E-state index contributed by atoms with van der Waals surface area (Å²) < 4.78 is 6.06. The van der Waals surface area contributed by atoms with Gasteiger partial charge in [0, 0.05) is 34.8 Å². The second-order valence-electron chi connectivity index (χ2n) is 12.1. The SMILES string of the molecule is Cc1cc(C)c(C2C(C#N)=C(N)N(c3cc([N+](=O)[O-])ccc3C)C3=C2C(=O)CC(C)(C)C3)cc1COc1ccc(Cl)cc1. The van der Waals surface area contributed by atoms with Crippen molar-refractivity contribution in [3.05, 3.63) is 120 Å². The molecule has 1 aliphatic heterocycles. The van der Waals surface area contributed by atoms with E-state index in [1.807, 2.05) is 46.8 Å². The molecule has 2 N–H and O–H groups in total. The number of Topliss-reactive ketones (excluding diaryl/α,β-unsaturated/α-hetero) is 1. The molecule has 0 saturated carbocycles. The number of ketones is 1. The van der Waals surface area contributed by atoms with Gasteiger partial charge in [-0.25, -0.2) is 0 Å². The molecule has 2 aliphatic rings. The van der Waals surface area contributed by atoms with Crippen molar-refractivity contribution in [3.8, 4) is 11.8 Å². The lowest BCUT2D eigenvalue weighted by molar-refractivity contribution is -0.384. The van der Waals surface area contributed by atoms with Crippen molar-refractivity contribution in [1.82, 2.24) is 0 Å². The quantitative estimate of drug-likeness (QED) is 0.228. The minimum Gasteiger partial charge on any atom is -0.489 e. The highest BCUT2D eigenvalue weighted by Crippen LogP contribution is 2.51. The molecule has 0 saturated heterocycles. The van der Waals surface area contributed by atoms with Crippen molar-refractivity contribution in [2.24, 2.45) is 11.1 Å². The van der Waals surface area contributed by atoms with Crippen LogP contribution in [0.5, 0.6) is 5.75 Å². The molecular formula is C34H33ClN4O4. The summed E-state index contributed by atoms with van der Waals surface area (Å²) in [5, 5.41) is 22.9. The molecule has 3 aromatic carbocycles. The summed E-state index contributed by atoms with van der Waals surface area (Å²) in [5.41, 5.74) is 12.6. The fraction of sp³-hybridized carbons (Fsp3) is 0.294. The summed E-state index contributed by atoms with van der Waals surface area (Å²) in [4.78, 5) is 27.0. The molecule has 8 nitrogen and oxygen atoms in total. The molecule has 1 aliphatic carbocycles. The third kappa shape index (κ3) is 5.61. The van der Waals surface area contributed by atoms with E-state index in [-0.39, 0.29) is 34.9 Å². The third-order valence-electron chi connectivity index (χ3n) is 8.27. The highest BCUT2D eigenvalue weighted by atomic mass is 35.5. The second kappa shape index (κ2) is 11.2. The Bertz CT molecular complexity index is 1770. The van der Waals surface area contributed by atoms with E-state index < -0.39 is 10.8 Å². The largest absolute Gasteiger partial charge is 0.489 e. The van der Waals surface area contributed by atoms with Gasteiger partial charge in [-0.3, -0.25) is 19.8 Å². The van der Waals surface area contributed by atoms with Gasteiger partial charge in [0.2, 0.25) is 0 Å². The van der Waals surface area contributed by atoms with Crippen molar-refractivity contribution in [3.63, 3.8) is 0 Å². The van der Waals surface area contributed by atoms with Crippen molar-refractivity contribution >= 4 is 28.8 Å². The lowest BCUT2D eigenvalue weighted by Crippen LogP contribution is -2.42. The zero-order chi connectivity index (χ0) is 31.2. The Labute approximate surface area is 256 Å². The van der Waals surface area contributed by atoms with Crippen molar-refractivity contribution in [2.45, 2.75) is 60.0 Å². The standard InChI is InChI=1S/C34H33ClN4O4/c1-19-6-9-24(39(41)42)14-28(19)38-29-15-34(4,5)16-30(40)32(29)31(27(17-36)33(38)37)26-13-22(20(2)12-21(26)3)18-43-25-10-7-23(35)8-11-25/h6-14,31H,15-16,18,37H2,1-5H3. The molecule has 5 rings (SSSR count). The van der Waals surface area contributed by atoms with E-state index in [0.29, 0.717) is 40.6 Å². The van der Waals surface area contributed by atoms with Crippen LogP contribution in [0, 0.1) is 47.6 Å². The van der Waals surface area contributed by atoms with Gasteiger partial charge in [-0.1, -0.05) is 43.6 Å². The number of nitrogens with zero attached hydrogens (tertiary/aromatic N) is 3. The number of rotatable bonds is 6. The van der Waals surface area contributed by atoms with E-state index in [4.69, 9.17) is 22.1 Å². The van der Waals surface area contributed by atoms with E-state index in [0.717, 1.165) is 27.8 Å². The van der Waals surface area contributed by atoms with Gasteiger partial charge in [0.1, 0.15) is 18.2 Å². The lowest BCUT2D eigenvalue weighted by Gasteiger charge is -2.44. The van der Waals surface area contributed by atoms with Crippen LogP contribution in [-0.2, 0) is 11.4 Å². The minimum absolute atomic E-state index is 0.0662. The maximum atomic E-state index is 14.0. The Morgan fingerprint density at radius 1 is 1.07 bits per heavy atom. The number of allylic oxidation sites excluding steroid dienone is 3. The summed E-state index contributed by atoms with van der Waals surface area (Å²) >= 11 is 6.02. The van der Waals surface area contributed by atoms with Gasteiger partial charge in [-0.2, -0.15) is 5.26 Å². The summed E-state index contributed by atoms with van der Waals surface area (Å²) in [5.74, 6) is 0.0830. The number of carbonyl (C=O) groups is 1. The molecule has 0 aromatic heterocycles. The van der Waals surface area contributed by atoms with Gasteiger partial charge in [0.05, 0.1) is 28.2 Å². The molecule has 1 atom stereocenters. The number of nitro benzene ring substituents is 1. The molecular weight excluding hydrogens is 564 g/mol. The Hall–Kier alpha value is -4.61. The number of anilines is 1. The summed E-state index contributed by atoms with van der Waals surface area (Å²) in [6, 6.07) is 18.0. The monoisotopic (exact) mass is 596 g/mol. The van der Waals surface area contributed by atoms with Crippen LogP contribution in [0.25, 0.3) is 0 Å². The van der Waals surface area contributed by atoms with Crippen molar-refractivity contribution in [1.29, 1.82) is 5.26 Å². The first-order chi connectivity index (χ1) is 20.3. The van der Waals surface area contributed by atoms with Gasteiger partial charge in [0.15, 0.2) is 5.78 Å². The molecule has 1 unspecified atom stereocenters. The zero-order valence-corrected chi connectivity index (χ0v) is 25.6. The first-order valence-corrected chi connectivity index (χ1v) is 14.4. The molecule has 0 spiro atoms. The van der Waals surface area contributed by atoms with E-state index in [9.17, 15) is 20.2 Å². The number of aryl methyl sites for hydroxylation is 3. The Morgan fingerprint density at radius 3 is 2.42 bits per heavy atom. The molecule has 9 heteroatoms. The van der Waals surface area contributed by atoms with Crippen LogP contribution in [-0.4, -0.2) is 10.7 Å². The van der Waals surface area contributed by atoms with Crippen LogP contribution in [0.3, 0.4) is 0 Å². The number of halogens is 1. The van der Waals surface area contributed by atoms with Crippen LogP contribution < -0.4 is 15.4 Å². The zero-order valence-electron chi connectivity index (χ0n) is 24.8.